The zero-order valence-corrected chi connectivity index (χ0v) is 14.6. The molecule has 0 bridgehead atoms. The summed E-state index contributed by atoms with van der Waals surface area (Å²) in [6, 6.07) is 8.62. The lowest BCUT2D eigenvalue weighted by molar-refractivity contribution is -0.141. The van der Waals surface area contributed by atoms with Crippen molar-refractivity contribution in [2.45, 2.75) is 4.90 Å². The first kappa shape index (κ1) is 18.8. The Hall–Kier alpha value is -2.98. The number of esters is 1. The molecule has 27 heavy (non-hydrogen) atoms. The largest absolute Gasteiger partial charge is 0.456 e. The highest BCUT2D eigenvalue weighted by Crippen LogP contribution is 2.32. The number of benzene rings is 2. The Morgan fingerprint density at radius 2 is 1.78 bits per heavy atom. The van der Waals surface area contributed by atoms with Crippen molar-refractivity contribution in [3.8, 4) is 11.5 Å². The summed E-state index contributed by atoms with van der Waals surface area (Å²) in [6.45, 7) is -1.17. The zero-order valence-electron chi connectivity index (χ0n) is 13.8. The molecule has 8 nitrogen and oxygen atoms in total. The maximum atomic E-state index is 12.8. The molecule has 3 rings (SSSR count). The van der Waals surface area contributed by atoms with Crippen LogP contribution in [0.5, 0.6) is 11.5 Å². The van der Waals surface area contributed by atoms with Gasteiger partial charge < -0.3 is 14.2 Å². The van der Waals surface area contributed by atoms with Crippen LogP contribution in [0.3, 0.4) is 0 Å². The van der Waals surface area contributed by atoms with E-state index in [1.165, 1.54) is 12.1 Å². The molecule has 0 atom stereocenters. The van der Waals surface area contributed by atoms with Crippen molar-refractivity contribution in [3.63, 3.8) is 0 Å². The standard InChI is InChI=1S/C17H14FNO7S/c18-12-2-4-13(5-3-12)27(22,23)19-8-17(21)24-9-14(20)11-1-6-15-16(7-11)26-10-25-15/h1-7,19H,8-10H2. The Morgan fingerprint density at radius 1 is 1.07 bits per heavy atom. The van der Waals surface area contributed by atoms with Crippen LogP contribution < -0.4 is 14.2 Å². The number of Topliss-reactive ketones (excluding diaryl/α,β-unsaturated/α-hetero) is 1. The van der Waals surface area contributed by atoms with Crippen LogP contribution in [0.2, 0.25) is 0 Å². The van der Waals surface area contributed by atoms with E-state index in [1.807, 2.05) is 4.72 Å². The molecular weight excluding hydrogens is 381 g/mol. The lowest BCUT2D eigenvalue weighted by atomic mass is 10.1. The fraction of sp³-hybridized carbons (Fsp3) is 0.176. The van der Waals surface area contributed by atoms with Crippen LogP contribution in [0.4, 0.5) is 4.39 Å². The van der Waals surface area contributed by atoms with Crippen molar-refractivity contribution < 1.29 is 36.6 Å². The van der Waals surface area contributed by atoms with E-state index in [-0.39, 0.29) is 17.3 Å². The number of halogens is 1. The quantitative estimate of drug-likeness (QED) is 0.555. The SMILES string of the molecule is O=C(CNS(=O)(=O)c1ccc(F)cc1)OCC(=O)c1ccc2c(c1)OCO2. The second-order valence-electron chi connectivity index (χ2n) is 5.43. The van der Waals surface area contributed by atoms with Gasteiger partial charge in [0.1, 0.15) is 12.4 Å². The van der Waals surface area contributed by atoms with Gasteiger partial charge in [-0.15, -0.1) is 0 Å². The summed E-state index contributed by atoms with van der Waals surface area (Å²) in [5.41, 5.74) is 0.263. The van der Waals surface area contributed by atoms with E-state index in [0.29, 0.717) is 11.5 Å². The van der Waals surface area contributed by atoms with Gasteiger partial charge in [0.05, 0.1) is 4.90 Å². The van der Waals surface area contributed by atoms with Gasteiger partial charge in [0.2, 0.25) is 16.8 Å². The van der Waals surface area contributed by atoms with E-state index < -0.39 is 40.7 Å². The number of hydrogen-bond acceptors (Lipinski definition) is 7. The lowest BCUT2D eigenvalue weighted by Crippen LogP contribution is -2.31. The third-order valence-electron chi connectivity index (χ3n) is 3.59. The molecule has 0 aliphatic carbocycles. The lowest BCUT2D eigenvalue weighted by Gasteiger charge is -2.07. The van der Waals surface area contributed by atoms with Crippen LogP contribution in [0.15, 0.2) is 47.4 Å². The van der Waals surface area contributed by atoms with Gasteiger partial charge in [0.15, 0.2) is 23.9 Å². The van der Waals surface area contributed by atoms with Gasteiger partial charge in [-0.2, -0.15) is 4.72 Å². The van der Waals surface area contributed by atoms with Crippen LogP contribution in [0.1, 0.15) is 10.4 Å². The number of rotatable bonds is 7. The molecule has 1 aliphatic heterocycles. The van der Waals surface area contributed by atoms with E-state index >= 15 is 0 Å². The Bertz CT molecular complexity index is 973. The average molecular weight is 395 g/mol. The van der Waals surface area contributed by atoms with Crippen LogP contribution in [-0.4, -0.2) is 40.1 Å². The van der Waals surface area contributed by atoms with Crippen molar-refractivity contribution >= 4 is 21.8 Å². The van der Waals surface area contributed by atoms with Gasteiger partial charge in [-0.1, -0.05) is 0 Å². The summed E-state index contributed by atoms with van der Waals surface area (Å²) in [4.78, 5) is 23.5. The minimum Gasteiger partial charge on any atom is -0.456 e. The molecule has 0 saturated heterocycles. The molecule has 1 aliphatic rings. The number of hydrogen-bond donors (Lipinski definition) is 1. The number of carbonyl (C=O) groups excluding carboxylic acids is 2. The number of ketones is 1. The van der Waals surface area contributed by atoms with Crippen molar-refractivity contribution in [2.75, 3.05) is 19.9 Å². The number of sulfonamides is 1. The minimum absolute atomic E-state index is 0.0656. The maximum absolute atomic E-state index is 12.8. The third kappa shape index (κ3) is 4.60. The van der Waals surface area contributed by atoms with E-state index in [1.54, 1.807) is 6.07 Å². The summed E-state index contributed by atoms with van der Waals surface area (Å²) in [6.07, 6.45) is 0. The maximum Gasteiger partial charge on any atom is 0.321 e. The molecule has 0 fully saturated rings. The Balaban J connectivity index is 1.50. The van der Waals surface area contributed by atoms with E-state index in [9.17, 15) is 22.4 Å². The monoisotopic (exact) mass is 395 g/mol. The molecular formula is C17H14FNO7S. The second-order valence-corrected chi connectivity index (χ2v) is 7.20. The van der Waals surface area contributed by atoms with Gasteiger partial charge >= 0.3 is 5.97 Å². The van der Waals surface area contributed by atoms with Gasteiger partial charge in [-0.05, 0) is 42.5 Å². The predicted molar refractivity (Wildman–Crippen MR) is 89.4 cm³/mol. The van der Waals surface area contributed by atoms with Crippen molar-refractivity contribution in [2.24, 2.45) is 0 Å². The summed E-state index contributed by atoms with van der Waals surface area (Å²) >= 11 is 0. The Kier molecular flexibility index (Phi) is 5.38. The van der Waals surface area contributed by atoms with Crippen LogP contribution >= 0.6 is 0 Å². The third-order valence-corrected chi connectivity index (χ3v) is 5.01. The van der Waals surface area contributed by atoms with Gasteiger partial charge in [0.25, 0.3) is 0 Å². The topological polar surface area (TPSA) is 108 Å². The summed E-state index contributed by atoms with van der Waals surface area (Å²) in [7, 11) is -4.00. The van der Waals surface area contributed by atoms with Crippen molar-refractivity contribution in [1.29, 1.82) is 0 Å². The summed E-state index contributed by atoms with van der Waals surface area (Å²) < 4.78 is 53.9. The van der Waals surface area contributed by atoms with E-state index in [4.69, 9.17) is 14.2 Å². The van der Waals surface area contributed by atoms with Crippen molar-refractivity contribution in [1.82, 2.24) is 4.72 Å². The molecule has 1 heterocycles. The van der Waals surface area contributed by atoms with Crippen molar-refractivity contribution in [3.05, 3.63) is 53.8 Å². The predicted octanol–water partition coefficient (Wildman–Crippen LogP) is 1.26. The average Bonchev–Trinajstić information content (AvgIpc) is 3.12. The number of fused-ring (bicyclic) bond motifs is 1. The fourth-order valence-electron chi connectivity index (χ4n) is 2.20. The molecule has 0 unspecified atom stereocenters. The fourth-order valence-corrected chi connectivity index (χ4v) is 3.17. The first-order chi connectivity index (χ1) is 12.8. The molecule has 0 aromatic heterocycles. The molecule has 0 saturated carbocycles. The van der Waals surface area contributed by atoms with Crippen LogP contribution in [-0.2, 0) is 19.6 Å². The molecule has 1 N–H and O–H groups in total. The first-order valence-corrected chi connectivity index (χ1v) is 9.17. The second kappa shape index (κ2) is 7.72. The summed E-state index contributed by atoms with van der Waals surface area (Å²) in [5.74, 6) is -1.08. The number of nitrogens with one attached hydrogen (secondary N) is 1. The molecule has 0 radical (unpaired) electrons. The van der Waals surface area contributed by atoms with Gasteiger partial charge in [-0.3, -0.25) is 9.59 Å². The summed E-state index contributed by atoms with van der Waals surface area (Å²) in [5, 5.41) is 0. The Labute approximate surface area is 153 Å². The van der Waals surface area contributed by atoms with E-state index in [0.717, 1.165) is 24.3 Å². The molecule has 142 valence electrons. The smallest absolute Gasteiger partial charge is 0.321 e. The van der Waals surface area contributed by atoms with Gasteiger partial charge in [-0.25, -0.2) is 12.8 Å². The van der Waals surface area contributed by atoms with Gasteiger partial charge in [0, 0.05) is 5.56 Å². The first-order valence-electron chi connectivity index (χ1n) is 7.69. The molecule has 2 aromatic carbocycles. The van der Waals surface area contributed by atoms with Crippen LogP contribution in [0.25, 0.3) is 0 Å². The Morgan fingerprint density at radius 3 is 2.52 bits per heavy atom. The molecule has 0 amide bonds. The molecule has 2 aromatic rings. The highest BCUT2D eigenvalue weighted by Gasteiger charge is 2.19. The minimum atomic E-state index is -4.00. The number of ether oxygens (including phenoxy) is 3. The van der Waals surface area contributed by atoms with Crippen LogP contribution in [0, 0.1) is 5.82 Å². The highest BCUT2D eigenvalue weighted by molar-refractivity contribution is 7.89. The molecule has 10 heteroatoms. The zero-order chi connectivity index (χ0) is 19.4. The normalized spacial score (nSPS) is 12.6. The number of carbonyl (C=O) groups is 2. The molecule has 0 spiro atoms. The van der Waals surface area contributed by atoms with E-state index in [2.05, 4.69) is 0 Å². The highest BCUT2D eigenvalue weighted by atomic mass is 32.2.